The van der Waals surface area contributed by atoms with Gasteiger partial charge in [-0.1, -0.05) is 58.0 Å². The second-order valence-electron chi connectivity index (χ2n) is 13.6. The number of carbonyl (C=O) groups is 2. The summed E-state index contributed by atoms with van der Waals surface area (Å²) in [5, 5.41) is 46.8. The van der Waals surface area contributed by atoms with Crippen molar-refractivity contribution in [3.63, 3.8) is 0 Å². The number of hydrogen-bond acceptors (Lipinski definition) is 9. The van der Waals surface area contributed by atoms with Gasteiger partial charge in [-0.15, -0.1) is 0 Å². The largest absolute Gasteiger partial charge is 0.456 e. The SMILES string of the molecule is C/C(=C1\C(O)C(=O)[C@]2(C)C(OP)CC3OCC3(O)C2[C@H](C)C(C)(O)C1(C)C)C(C)OC(=O)C(O)[C@@H](C)c1ccccc1.[Ac].[Ac]. The van der Waals surface area contributed by atoms with Crippen LogP contribution in [-0.2, 0) is 23.6 Å². The van der Waals surface area contributed by atoms with E-state index in [2.05, 4.69) is 9.47 Å². The number of ketones is 1. The van der Waals surface area contributed by atoms with Crippen LogP contribution in [0.15, 0.2) is 41.5 Å². The number of hydrogen-bond donors (Lipinski definition) is 4. The monoisotopic (exact) mass is 1060 g/mol. The van der Waals surface area contributed by atoms with E-state index in [-0.39, 0.29) is 107 Å². The molecule has 0 amide bonds. The molecule has 3 aliphatic rings. The first kappa shape index (κ1) is 41.3. The maximum absolute atomic E-state index is 14.4. The number of esters is 1. The van der Waals surface area contributed by atoms with Gasteiger partial charge in [0.2, 0.25) is 0 Å². The average molecular weight is 1060 g/mol. The fourth-order valence-electron chi connectivity index (χ4n) is 7.89. The fraction of sp³-hybridized carbons (Fsp3) is 0.688. The van der Waals surface area contributed by atoms with Gasteiger partial charge in [-0.3, -0.25) is 4.79 Å². The van der Waals surface area contributed by atoms with Gasteiger partial charge in [0.25, 0.3) is 0 Å². The molecule has 4 N–H and O–H groups in total. The minimum Gasteiger partial charge on any atom is -0.456 e. The topological polar surface area (TPSA) is 143 Å². The van der Waals surface area contributed by atoms with Crippen LogP contribution >= 0.6 is 9.47 Å². The molecule has 240 valence electrons. The van der Waals surface area contributed by atoms with Crippen molar-refractivity contribution in [1.29, 1.82) is 0 Å². The van der Waals surface area contributed by atoms with Gasteiger partial charge in [-0.25, -0.2) is 4.79 Å². The maximum atomic E-state index is 14.4. The summed E-state index contributed by atoms with van der Waals surface area (Å²) >= 11 is 0. The quantitative estimate of drug-likeness (QED) is 0.192. The molecule has 0 aromatic heterocycles. The Morgan fingerprint density at radius 2 is 1.66 bits per heavy atom. The van der Waals surface area contributed by atoms with Crippen LogP contribution in [0, 0.1) is 111 Å². The molecule has 4 rings (SSSR count). The molecule has 0 bridgehead atoms. The van der Waals surface area contributed by atoms with Gasteiger partial charge in [-0.2, -0.15) is 0 Å². The van der Waals surface area contributed by atoms with Crippen LogP contribution in [0.5, 0.6) is 0 Å². The molecule has 9 unspecified atom stereocenters. The second kappa shape index (κ2) is 15.0. The summed E-state index contributed by atoms with van der Waals surface area (Å²) in [6, 6.07) is 9.13. The molecule has 12 atom stereocenters. The molecular formula is C32H47Ac2O9P. The van der Waals surface area contributed by atoms with Crippen LogP contribution in [0.25, 0.3) is 0 Å². The zero-order chi connectivity index (χ0) is 31.6. The van der Waals surface area contributed by atoms with Crippen molar-refractivity contribution in [3.05, 3.63) is 47.0 Å². The third-order valence-electron chi connectivity index (χ3n) is 11.3. The molecule has 2 aliphatic carbocycles. The maximum Gasteiger partial charge on any atom is 0.336 e. The molecule has 9 nitrogen and oxygen atoms in total. The Balaban J connectivity index is 0.00000337. The number of rotatable bonds is 6. The number of aliphatic hydroxyl groups is 4. The summed E-state index contributed by atoms with van der Waals surface area (Å²) in [5.41, 5.74) is -4.13. The summed E-state index contributed by atoms with van der Waals surface area (Å²) in [6.45, 7) is 13.7. The Morgan fingerprint density at radius 1 is 1.09 bits per heavy atom. The zero-order valence-electron chi connectivity index (χ0n) is 27.0. The van der Waals surface area contributed by atoms with Gasteiger partial charge in [0.05, 0.1) is 29.8 Å². The first-order valence-corrected chi connectivity index (χ1v) is 15.1. The molecule has 1 aliphatic heterocycles. The van der Waals surface area contributed by atoms with E-state index < -0.39 is 82.1 Å². The number of fused-ring (bicyclic) bond motifs is 3. The van der Waals surface area contributed by atoms with Crippen molar-refractivity contribution in [1.82, 2.24) is 0 Å². The molecule has 2 radical (unpaired) electrons. The Bertz CT molecular complexity index is 1240. The predicted molar refractivity (Wildman–Crippen MR) is 159 cm³/mol. The van der Waals surface area contributed by atoms with Crippen LogP contribution in [0.4, 0.5) is 0 Å². The second-order valence-corrected chi connectivity index (χ2v) is 13.8. The van der Waals surface area contributed by atoms with E-state index in [9.17, 15) is 30.0 Å². The molecule has 1 aromatic carbocycles. The first-order chi connectivity index (χ1) is 19.4. The Kier molecular flexibility index (Phi) is 14.1. The summed E-state index contributed by atoms with van der Waals surface area (Å²) in [6.07, 6.45) is -5.10. The summed E-state index contributed by atoms with van der Waals surface area (Å²) in [4.78, 5) is 27.5. The van der Waals surface area contributed by atoms with Gasteiger partial charge < -0.3 is 34.4 Å². The van der Waals surface area contributed by atoms with Crippen LogP contribution < -0.4 is 0 Å². The van der Waals surface area contributed by atoms with E-state index in [1.807, 2.05) is 37.3 Å². The molecule has 1 saturated heterocycles. The third-order valence-corrected chi connectivity index (χ3v) is 11.6. The van der Waals surface area contributed by atoms with Crippen molar-refractivity contribution in [3.8, 4) is 0 Å². The predicted octanol–water partition coefficient (Wildman–Crippen LogP) is 3.09. The van der Waals surface area contributed by atoms with E-state index in [4.69, 9.17) is 14.0 Å². The number of aliphatic hydroxyl groups excluding tert-OH is 2. The molecular weight excluding hydrogens is 1010 g/mol. The zero-order valence-corrected chi connectivity index (χ0v) is 37.6. The molecule has 3 fully saturated rings. The van der Waals surface area contributed by atoms with Crippen molar-refractivity contribution in [2.24, 2.45) is 22.7 Å². The molecule has 0 spiro atoms. The third kappa shape index (κ3) is 6.56. The fourth-order valence-corrected chi connectivity index (χ4v) is 8.28. The van der Waals surface area contributed by atoms with Gasteiger partial charge in [0, 0.05) is 121 Å². The Hall–Kier alpha value is 1.17. The molecule has 2 saturated carbocycles. The Labute approximate surface area is 335 Å². The van der Waals surface area contributed by atoms with E-state index in [1.54, 1.807) is 48.5 Å². The molecule has 1 heterocycles. The van der Waals surface area contributed by atoms with Crippen LogP contribution in [0.3, 0.4) is 0 Å². The normalized spacial score (nSPS) is 39.3. The van der Waals surface area contributed by atoms with Crippen LogP contribution in [-0.4, -0.2) is 80.5 Å². The molecule has 44 heavy (non-hydrogen) atoms. The van der Waals surface area contributed by atoms with E-state index in [0.29, 0.717) is 5.57 Å². The number of benzene rings is 1. The van der Waals surface area contributed by atoms with Gasteiger partial charge in [0.15, 0.2) is 11.9 Å². The summed E-state index contributed by atoms with van der Waals surface area (Å²) in [5.74, 6) is -3.34. The first-order valence-electron chi connectivity index (χ1n) is 14.7. The summed E-state index contributed by atoms with van der Waals surface area (Å²) in [7, 11) is 2.19. The Morgan fingerprint density at radius 3 is 2.16 bits per heavy atom. The van der Waals surface area contributed by atoms with E-state index >= 15 is 0 Å². The van der Waals surface area contributed by atoms with Crippen LogP contribution in [0.2, 0.25) is 0 Å². The summed E-state index contributed by atoms with van der Waals surface area (Å²) < 4.78 is 17.1. The van der Waals surface area contributed by atoms with Gasteiger partial charge in [-0.05, 0) is 50.3 Å². The minimum atomic E-state index is -1.69. The van der Waals surface area contributed by atoms with Crippen LogP contribution in [0.1, 0.15) is 73.3 Å². The van der Waals surface area contributed by atoms with Gasteiger partial charge >= 0.3 is 5.97 Å². The average Bonchev–Trinajstić information content (AvgIpc) is 2.94. The molecule has 12 heteroatoms. The van der Waals surface area contributed by atoms with Crippen molar-refractivity contribution in [2.75, 3.05) is 6.61 Å². The minimum absolute atomic E-state index is 0. The van der Waals surface area contributed by atoms with Gasteiger partial charge in [0.1, 0.15) is 17.8 Å². The standard InChI is InChI=1S/C32H47O9P.2Ac/c1-16(19(4)40-28(36)24(33)17(2)20-12-10-9-11-13-20)23-25(34)27(35)30(7)21(41-42)14-22-32(38,15-39-22)26(30)18(3)31(8,37)29(23,5)6;;/h9-13,17-19,21-22,24-26,33-34,37-38H,14-15,42H2,1-8H3;;/b23-16-;;/t17-,18-,19?,21?,22?,24?,25?,26?,30+,31?,32?;;/m0../s1. The van der Waals surface area contributed by atoms with E-state index in [1.165, 1.54) is 0 Å². The number of carbonyl (C=O) groups excluding carboxylic acids is 2. The number of ether oxygens (including phenoxy) is 2. The number of Topliss-reactive ketones (excluding diaryl/α,β-unsaturated/α-hetero) is 1. The van der Waals surface area contributed by atoms with Crippen molar-refractivity contribution in [2.45, 2.75) is 109 Å². The smallest absolute Gasteiger partial charge is 0.336 e. The molecule has 1 aromatic rings. The van der Waals surface area contributed by atoms with Crippen molar-refractivity contribution < 1.29 is 132 Å². The van der Waals surface area contributed by atoms with Crippen molar-refractivity contribution >= 4 is 21.2 Å². The van der Waals surface area contributed by atoms with E-state index in [0.717, 1.165) is 5.56 Å².